The minimum atomic E-state index is -0.900. The number of nitrogens with zero attached hydrogens (tertiary/aromatic N) is 2. The molecule has 0 aliphatic carbocycles. The lowest BCUT2D eigenvalue weighted by Crippen LogP contribution is -2.34. The molecule has 8 nitrogen and oxygen atoms in total. The second-order valence-electron chi connectivity index (χ2n) is 14.2. The number of carboxylic acid groups (broad SMARTS) is 1. The SMILES string of the molecule is C#CC1(COC(=O)CCCCCC)CCC(n2cnc(C(N)=C(C)CC)c2C(C)C)O1.C=C(C)F.CCCCCCCCCCCCCC(=O)O. The van der Waals surface area contributed by atoms with Crippen molar-refractivity contribution in [2.75, 3.05) is 6.61 Å². The van der Waals surface area contributed by atoms with Crippen LogP contribution in [0.4, 0.5) is 4.39 Å². The summed E-state index contributed by atoms with van der Waals surface area (Å²) < 4.78 is 24.6. The number of esters is 1. The molecule has 51 heavy (non-hydrogen) atoms. The molecule has 2 unspecified atom stereocenters. The summed E-state index contributed by atoms with van der Waals surface area (Å²) in [6.45, 7) is 17.0. The molecule has 0 amide bonds. The monoisotopic (exact) mass is 718 g/mol. The molecule has 1 fully saturated rings. The van der Waals surface area contributed by atoms with Gasteiger partial charge in [0, 0.05) is 12.8 Å². The number of allylic oxidation sites excluding steroid dienone is 2. The van der Waals surface area contributed by atoms with Gasteiger partial charge in [-0.05, 0) is 57.4 Å². The van der Waals surface area contributed by atoms with Crippen molar-refractivity contribution in [3.63, 3.8) is 0 Å². The van der Waals surface area contributed by atoms with Gasteiger partial charge in [0.1, 0.15) is 18.5 Å². The van der Waals surface area contributed by atoms with E-state index in [1.165, 1.54) is 64.7 Å². The molecule has 2 atom stereocenters. The standard InChI is InChI=1S/C25H39N3O3.C14H28O2.C3H5F/c1-7-10-11-12-13-21(29)30-16-25(9-3)15-14-20(31-25)28-17-27-23(24(28)18(4)5)22(26)19(6)8-2;1-2-3-4-5-6-7-8-9-10-11-12-13-14(15)16;1-3(2)4/h3,17-18,20H,7-8,10-16,26H2,1-2,4-6H3;2-13H2,1H3,(H,15,16);1H2,2H3. The number of ether oxygens (including phenoxy) is 2. The van der Waals surface area contributed by atoms with Crippen LogP contribution in [0.15, 0.2) is 24.3 Å². The van der Waals surface area contributed by atoms with E-state index in [2.05, 4.69) is 52.1 Å². The van der Waals surface area contributed by atoms with Crippen LogP contribution in [0.5, 0.6) is 0 Å². The molecule has 1 aromatic heterocycles. The molecule has 0 saturated carbocycles. The van der Waals surface area contributed by atoms with Crippen LogP contribution in [0, 0.1) is 12.3 Å². The van der Waals surface area contributed by atoms with Crippen LogP contribution >= 0.6 is 0 Å². The van der Waals surface area contributed by atoms with Crippen LogP contribution in [-0.4, -0.2) is 38.8 Å². The summed E-state index contributed by atoms with van der Waals surface area (Å²) in [6, 6.07) is 0. The molecule has 1 saturated heterocycles. The Morgan fingerprint density at radius 1 is 1.02 bits per heavy atom. The zero-order valence-electron chi connectivity index (χ0n) is 33.3. The Kier molecular flexibility index (Phi) is 26.7. The van der Waals surface area contributed by atoms with Crippen LogP contribution in [-0.2, 0) is 19.1 Å². The van der Waals surface area contributed by atoms with E-state index in [-0.39, 0.29) is 30.5 Å². The smallest absolute Gasteiger partial charge is 0.305 e. The highest BCUT2D eigenvalue weighted by Crippen LogP contribution is 2.39. The molecular formula is C42H72FN3O5. The van der Waals surface area contributed by atoms with Gasteiger partial charge < -0.3 is 24.9 Å². The van der Waals surface area contributed by atoms with E-state index in [9.17, 15) is 14.0 Å². The largest absolute Gasteiger partial charge is 0.481 e. The lowest BCUT2D eigenvalue weighted by atomic mass is 10.0. The maximum atomic E-state index is 12.1. The zero-order valence-corrected chi connectivity index (χ0v) is 33.3. The molecule has 2 rings (SSSR count). The topological polar surface area (TPSA) is 117 Å². The fourth-order valence-corrected chi connectivity index (χ4v) is 5.86. The van der Waals surface area contributed by atoms with Gasteiger partial charge in [0.2, 0.25) is 0 Å². The lowest BCUT2D eigenvalue weighted by molar-refractivity contribution is -0.152. The number of carbonyl (C=O) groups is 2. The fraction of sp³-hybridized carbons (Fsp3) is 0.738. The number of nitrogens with two attached hydrogens (primary N) is 1. The van der Waals surface area contributed by atoms with Crippen LogP contribution in [0.1, 0.15) is 200 Å². The number of aliphatic carboxylic acids is 1. The van der Waals surface area contributed by atoms with Crippen molar-refractivity contribution in [2.24, 2.45) is 5.73 Å². The van der Waals surface area contributed by atoms with Crippen LogP contribution < -0.4 is 5.73 Å². The van der Waals surface area contributed by atoms with Gasteiger partial charge in [-0.2, -0.15) is 0 Å². The average molecular weight is 718 g/mol. The minimum Gasteiger partial charge on any atom is -0.481 e. The van der Waals surface area contributed by atoms with Gasteiger partial charge in [0.05, 0.1) is 23.5 Å². The van der Waals surface area contributed by atoms with E-state index < -0.39 is 11.6 Å². The summed E-state index contributed by atoms with van der Waals surface area (Å²) in [5.74, 6) is 1.76. The summed E-state index contributed by atoms with van der Waals surface area (Å²) >= 11 is 0. The fourth-order valence-electron chi connectivity index (χ4n) is 5.86. The van der Waals surface area contributed by atoms with E-state index in [1.807, 2.05) is 11.5 Å². The van der Waals surface area contributed by atoms with Gasteiger partial charge in [-0.1, -0.05) is 131 Å². The minimum absolute atomic E-state index is 0.0855. The Morgan fingerprint density at radius 2 is 1.51 bits per heavy atom. The number of terminal acetylenes is 1. The van der Waals surface area contributed by atoms with Crippen molar-refractivity contribution in [1.82, 2.24) is 9.55 Å². The number of carbonyl (C=O) groups excluding carboxylic acids is 1. The highest BCUT2D eigenvalue weighted by Gasteiger charge is 2.42. The third-order valence-corrected chi connectivity index (χ3v) is 9.05. The maximum absolute atomic E-state index is 12.1. The van der Waals surface area contributed by atoms with Crippen molar-refractivity contribution < 1.29 is 28.6 Å². The van der Waals surface area contributed by atoms with Crippen molar-refractivity contribution in [3.8, 4) is 12.3 Å². The summed E-state index contributed by atoms with van der Waals surface area (Å²) in [5, 5.41) is 8.46. The number of unbranched alkanes of at least 4 members (excludes halogenated alkanes) is 13. The first-order valence-corrected chi connectivity index (χ1v) is 19.6. The van der Waals surface area contributed by atoms with E-state index in [4.69, 9.17) is 26.7 Å². The molecule has 1 aromatic rings. The number of imidazole rings is 1. The maximum Gasteiger partial charge on any atom is 0.305 e. The molecule has 0 aromatic carbocycles. The third-order valence-electron chi connectivity index (χ3n) is 9.05. The second kappa shape index (κ2) is 28.5. The van der Waals surface area contributed by atoms with Crippen LogP contribution in [0.2, 0.25) is 0 Å². The second-order valence-corrected chi connectivity index (χ2v) is 14.2. The number of hydrogen-bond donors (Lipinski definition) is 2. The molecule has 0 bridgehead atoms. The van der Waals surface area contributed by atoms with E-state index >= 15 is 0 Å². The van der Waals surface area contributed by atoms with Gasteiger partial charge in [0.15, 0.2) is 5.60 Å². The molecule has 9 heteroatoms. The molecule has 0 radical (unpaired) electrons. The first kappa shape index (κ1) is 47.9. The predicted octanol–water partition coefficient (Wildman–Crippen LogP) is 11.6. The summed E-state index contributed by atoms with van der Waals surface area (Å²) in [4.78, 5) is 27.0. The predicted molar refractivity (Wildman–Crippen MR) is 209 cm³/mol. The van der Waals surface area contributed by atoms with Gasteiger partial charge in [-0.15, -0.1) is 6.42 Å². The lowest BCUT2D eigenvalue weighted by Gasteiger charge is -2.25. The summed E-state index contributed by atoms with van der Waals surface area (Å²) in [7, 11) is 0. The van der Waals surface area contributed by atoms with E-state index in [0.29, 0.717) is 19.3 Å². The zero-order chi connectivity index (χ0) is 38.7. The molecule has 3 N–H and O–H groups in total. The number of halogens is 1. The highest BCUT2D eigenvalue weighted by atomic mass is 19.1. The first-order valence-electron chi connectivity index (χ1n) is 19.6. The third kappa shape index (κ3) is 21.1. The first-order chi connectivity index (χ1) is 24.3. The van der Waals surface area contributed by atoms with Crippen LogP contribution in [0.3, 0.4) is 0 Å². The van der Waals surface area contributed by atoms with Crippen LogP contribution in [0.25, 0.3) is 5.70 Å². The molecule has 1 aliphatic rings. The Labute approximate surface area is 310 Å². The Morgan fingerprint density at radius 3 is 1.98 bits per heavy atom. The quantitative estimate of drug-likeness (QED) is 0.0657. The van der Waals surface area contributed by atoms with Gasteiger partial charge in [0.25, 0.3) is 0 Å². The van der Waals surface area contributed by atoms with Gasteiger partial charge >= 0.3 is 11.9 Å². The van der Waals surface area contributed by atoms with Crippen molar-refractivity contribution in [2.45, 2.75) is 195 Å². The molecule has 1 aliphatic heterocycles. The Hall–Kier alpha value is -3.12. The number of carboxylic acids is 1. The van der Waals surface area contributed by atoms with Crippen molar-refractivity contribution >= 4 is 17.6 Å². The Bertz CT molecular complexity index is 1200. The van der Waals surface area contributed by atoms with Crippen molar-refractivity contribution in [1.29, 1.82) is 0 Å². The highest BCUT2D eigenvalue weighted by molar-refractivity contribution is 5.69. The number of aromatic nitrogens is 2. The summed E-state index contributed by atoms with van der Waals surface area (Å²) in [5.41, 5.74) is 9.18. The van der Waals surface area contributed by atoms with E-state index in [0.717, 1.165) is 74.0 Å². The van der Waals surface area contributed by atoms with E-state index in [1.54, 1.807) is 6.33 Å². The van der Waals surface area contributed by atoms with Crippen molar-refractivity contribution in [3.05, 3.63) is 35.7 Å². The molecule has 0 spiro atoms. The van der Waals surface area contributed by atoms with Gasteiger partial charge in [-0.25, -0.2) is 9.37 Å². The molecule has 292 valence electrons. The average Bonchev–Trinajstić information content (AvgIpc) is 3.73. The normalized spacial score (nSPS) is 17.1. The molecule has 2 heterocycles. The van der Waals surface area contributed by atoms with Gasteiger partial charge in [-0.3, -0.25) is 9.59 Å². The number of rotatable bonds is 23. The summed E-state index contributed by atoms with van der Waals surface area (Å²) in [6.07, 6.45) is 28.5. The molecular weight excluding hydrogens is 645 g/mol. The Balaban J connectivity index is 0.00000105. The number of hydrogen-bond acceptors (Lipinski definition) is 6.